The van der Waals surface area contributed by atoms with Crippen LogP contribution in [0.5, 0.6) is 0 Å². The summed E-state index contributed by atoms with van der Waals surface area (Å²) in [5.74, 6) is -0.380. The van der Waals surface area contributed by atoms with E-state index in [-0.39, 0.29) is 47.9 Å². The highest BCUT2D eigenvalue weighted by molar-refractivity contribution is 7.89. The fraction of sp³-hybridized carbons (Fsp3) is 0.304. The lowest BCUT2D eigenvalue weighted by molar-refractivity contribution is 0.0462. The van der Waals surface area contributed by atoms with Crippen molar-refractivity contribution in [2.75, 3.05) is 37.4 Å². The number of benzene rings is 2. The van der Waals surface area contributed by atoms with Crippen LogP contribution in [0.4, 0.5) is 17.6 Å². The second-order valence-corrected chi connectivity index (χ2v) is 9.85. The molecule has 35 heavy (non-hydrogen) atoms. The monoisotopic (exact) mass is 498 g/mol. The molecule has 1 saturated heterocycles. The van der Waals surface area contributed by atoms with Crippen LogP contribution < -0.4 is 11.1 Å². The molecule has 1 aliphatic rings. The fourth-order valence-corrected chi connectivity index (χ4v) is 5.20. The van der Waals surface area contributed by atoms with Gasteiger partial charge in [-0.3, -0.25) is 0 Å². The number of nitrogens with two attached hydrogens (primary N) is 1. The number of nitrogens with one attached hydrogen (secondary N) is 1. The van der Waals surface area contributed by atoms with Gasteiger partial charge >= 0.3 is 5.97 Å². The first-order valence-corrected chi connectivity index (χ1v) is 12.4. The van der Waals surface area contributed by atoms with Gasteiger partial charge < -0.3 is 20.5 Å². The van der Waals surface area contributed by atoms with Crippen LogP contribution in [0, 0.1) is 13.8 Å². The average molecular weight is 499 g/mol. The Bertz CT molecular complexity index is 1340. The minimum Gasteiger partial charge on any atom is -0.454 e. The predicted molar refractivity (Wildman–Crippen MR) is 129 cm³/mol. The van der Waals surface area contributed by atoms with Gasteiger partial charge in [0.1, 0.15) is 0 Å². The SMILES string of the molecule is Cc1ccccc1Nc1nc(N)nc(COC(=O)c2ccc(C)c(S(=O)(=O)N3CCOCC3)c2)n1. The van der Waals surface area contributed by atoms with E-state index in [2.05, 4.69) is 20.3 Å². The second-order valence-electron chi connectivity index (χ2n) is 7.95. The molecule has 1 fully saturated rings. The summed E-state index contributed by atoms with van der Waals surface area (Å²) in [5.41, 5.74) is 8.22. The maximum absolute atomic E-state index is 13.1. The van der Waals surface area contributed by atoms with Gasteiger partial charge in [-0.1, -0.05) is 24.3 Å². The van der Waals surface area contributed by atoms with Crippen molar-refractivity contribution in [3.8, 4) is 0 Å². The van der Waals surface area contributed by atoms with E-state index in [4.69, 9.17) is 15.2 Å². The molecule has 4 rings (SSSR count). The van der Waals surface area contributed by atoms with Crippen LogP contribution in [0.2, 0.25) is 0 Å². The molecule has 1 aromatic heterocycles. The molecule has 0 unspecified atom stereocenters. The zero-order valence-electron chi connectivity index (χ0n) is 19.4. The Hall–Kier alpha value is -3.61. The van der Waals surface area contributed by atoms with E-state index in [1.54, 1.807) is 13.0 Å². The number of rotatable bonds is 7. The van der Waals surface area contributed by atoms with Crippen molar-refractivity contribution in [1.82, 2.24) is 19.3 Å². The third-order valence-corrected chi connectivity index (χ3v) is 7.48. The topological polar surface area (TPSA) is 150 Å². The van der Waals surface area contributed by atoms with Gasteiger partial charge in [0.2, 0.25) is 21.9 Å². The number of ether oxygens (including phenoxy) is 2. The number of hydrogen-bond acceptors (Lipinski definition) is 10. The number of anilines is 3. The van der Waals surface area contributed by atoms with Crippen LogP contribution >= 0.6 is 0 Å². The lowest BCUT2D eigenvalue weighted by atomic mass is 10.1. The van der Waals surface area contributed by atoms with Gasteiger partial charge in [-0.25, -0.2) is 13.2 Å². The minimum atomic E-state index is -3.77. The number of morpholine rings is 1. The first-order valence-electron chi connectivity index (χ1n) is 10.9. The van der Waals surface area contributed by atoms with Crippen molar-refractivity contribution in [3.63, 3.8) is 0 Å². The Morgan fingerprint density at radius 3 is 2.57 bits per heavy atom. The molecule has 0 atom stereocenters. The maximum Gasteiger partial charge on any atom is 0.338 e. The summed E-state index contributed by atoms with van der Waals surface area (Å²) < 4.78 is 38.1. The quantitative estimate of drug-likeness (QED) is 0.464. The summed E-state index contributed by atoms with van der Waals surface area (Å²) in [4.78, 5) is 25.1. The predicted octanol–water partition coefficient (Wildman–Crippen LogP) is 2.19. The van der Waals surface area contributed by atoms with Gasteiger partial charge in [-0.15, -0.1) is 0 Å². The highest BCUT2D eigenvalue weighted by Crippen LogP contribution is 2.23. The number of carbonyl (C=O) groups excluding carboxylic acids is 1. The van der Waals surface area contributed by atoms with Crippen LogP contribution in [0.1, 0.15) is 27.3 Å². The summed E-state index contributed by atoms with van der Waals surface area (Å²) in [7, 11) is -3.77. The smallest absolute Gasteiger partial charge is 0.338 e. The van der Waals surface area contributed by atoms with Crippen LogP contribution in [0.15, 0.2) is 47.4 Å². The lowest BCUT2D eigenvalue weighted by Gasteiger charge is -2.26. The van der Waals surface area contributed by atoms with Gasteiger partial charge in [0.25, 0.3) is 0 Å². The molecule has 0 amide bonds. The average Bonchev–Trinajstić information content (AvgIpc) is 2.84. The van der Waals surface area contributed by atoms with E-state index < -0.39 is 16.0 Å². The molecule has 0 saturated carbocycles. The van der Waals surface area contributed by atoms with Crippen molar-refractivity contribution in [1.29, 1.82) is 0 Å². The van der Waals surface area contributed by atoms with Gasteiger partial charge in [-0.2, -0.15) is 19.3 Å². The number of para-hydroxylation sites is 1. The van der Waals surface area contributed by atoms with E-state index in [0.29, 0.717) is 18.8 Å². The van der Waals surface area contributed by atoms with Crippen molar-refractivity contribution < 1.29 is 22.7 Å². The molecular formula is C23H26N6O5S. The molecule has 3 aromatic rings. The molecule has 0 spiro atoms. The lowest BCUT2D eigenvalue weighted by Crippen LogP contribution is -2.40. The number of nitrogen functional groups attached to an aromatic ring is 1. The van der Waals surface area contributed by atoms with E-state index in [1.165, 1.54) is 16.4 Å². The van der Waals surface area contributed by atoms with Gasteiger partial charge in [0.15, 0.2) is 12.4 Å². The number of sulfonamides is 1. The Balaban J connectivity index is 1.48. The minimum absolute atomic E-state index is 0.0311. The van der Waals surface area contributed by atoms with Crippen LogP contribution in [-0.2, 0) is 26.1 Å². The number of nitrogens with zero attached hydrogens (tertiary/aromatic N) is 4. The number of hydrogen-bond donors (Lipinski definition) is 2. The molecule has 2 heterocycles. The Morgan fingerprint density at radius 2 is 1.83 bits per heavy atom. The Kier molecular flexibility index (Phi) is 7.24. The van der Waals surface area contributed by atoms with Crippen molar-refractivity contribution >= 4 is 33.6 Å². The van der Waals surface area contributed by atoms with Crippen LogP contribution in [-0.4, -0.2) is 59.9 Å². The van der Waals surface area contributed by atoms with Gasteiger partial charge in [-0.05, 0) is 43.2 Å². The number of aryl methyl sites for hydroxylation is 2. The van der Waals surface area contributed by atoms with Crippen LogP contribution in [0.25, 0.3) is 0 Å². The van der Waals surface area contributed by atoms with Gasteiger partial charge in [0, 0.05) is 18.8 Å². The molecule has 3 N–H and O–H groups in total. The molecule has 12 heteroatoms. The molecule has 11 nitrogen and oxygen atoms in total. The first-order chi connectivity index (χ1) is 16.7. The van der Waals surface area contributed by atoms with E-state index in [1.807, 2.05) is 31.2 Å². The second kappa shape index (κ2) is 10.3. The standard InChI is InChI=1S/C23H26N6O5S/c1-15-5-3-4-6-18(15)25-23-27-20(26-22(24)28-23)14-34-21(30)17-8-7-16(2)19(13-17)35(31,32)29-9-11-33-12-10-29/h3-8,13H,9-12,14H2,1-2H3,(H3,24,25,26,27,28). The van der Waals surface area contributed by atoms with Crippen molar-refractivity contribution in [2.24, 2.45) is 0 Å². The van der Waals surface area contributed by atoms with E-state index in [0.717, 1.165) is 11.3 Å². The summed E-state index contributed by atoms with van der Waals surface area (Å²) in [6.45, 7) is 4.52. The fourth-order valence-electron chi connectivity index (χ4n) is 3.54. The molecule has 0 radical (unpaired) electrons. The molecule has 0 bridgehead atoms. The summed E-state index contributed by atoms with van der Waals surface area (Å²) in [6.07, 6.45) is 0. The third kappa shape index (κ3) is 5.73. The molecule has 184 valence electrons. The highest BCUT2D eigenvalue weighted by Gasteiger charge is 2.28. The zero-order chi connectivity index (χ0) is 25.0. The Morgan fingerprint density at radius 1 is 1.09 bits per heavy atom. The normalized spacial score (nSPS) is 14.5. The van der Waals surface area contributed by atoms with E-state index >= 15 is 0 Å². The summed E-state index contributed by atoms with van der Waals surface area (Å²) in [6, 6.07) is 12.0. The first kappa shape index (κ1) is 24.5. The molecule has 0 aliphatic carbocycles. The molecule has 1 aliphatic heterocycles. The largest absolute Gasteiger partial charge is 0.454 e. The Labute approximate surface area is 203 Å². The third-order valence-electron chi connectivity index (χ3n) is 5.43. The number of aromatic nitrogens is 3. The van der Waals surface area contributed by atoms with Crippen molar-refractivity contribution in [3.05, 3.63) is 65.0 Å². The van der Waals surface area contributed by atoms with Crippen molar-refractivity contribution in [2.45, 2.75) is 25.3 Å². The molecular weight excluding hydrogens is 472 g/mol. The van der Waals surface area contributed by atoms with Gasteiger partial charge in [0.05, 0.1) is 23.7 Å². The zero-order valence-corrected chi connectivity index (χ0v) is 20.2. The number of esters is 1. The highest BCUT2D eigenvalue weighted by atomic mass is 32.2. The summed E-state index contributed by atoms with van der Waals surface area (Å²) in [5, 5.41) is 3.07. The number of carbonyl (C=O) groups is 1. The van der Waals surface area contributed by atoms with Crippen LogP contribution in [0.3, 0.4) is 0 Å². The maximum atomic E-state index is 13.1. The van der Waals surface area contributed by atoms with E-state index in [9.17, 15) is 13.2 Å². The molecule has 2 aromatic carbocycles. The summed E-state index contributed by atoms with van der Waals surface area (Å²) >= 11 is 0.